The van der Waals surface area contributed by atoms with Crippen molar-refractivity contribution < 1.29 is 18.9 Å². The number of aromatic nitrogens is 2. The summed E-state index contributed by atoms with van der Waals surface area (Å²) < 4.78 is 21.4. The zero-order valence-corrected chi connectivity index (χ0v) is 18.6. The number of hydrogen-bond acceptors (Lipinski definition) is 8. The van der Waals surface area contributed by atoms with Crippen molar-refractivity contribution in [3.8, 4) is 55.5 Å². The lowest BCUT2D eigenvalue weighted by molar-refractivity contribution is 0.355. The minimum atomic E-state index is 0.675. The molecule has 0 saturated carbocycles. The van der Waals surface area contributed by atoms with Gasteiger partial charge in [-0.3, -0.25) is 0 Å². The number of hydrogen-bond donors (Lipinski definition) is 0. The molecule has 0 fully saturated rings. The van der Waals surface area contributed by atoms with Crippen LogP contribution in [0.15, 0.2) is 47.2 Å². The van der Waals surface area contributed by atoms with Crippen LogP contribution < -0.4 is 18.9 Å². The maximum atomic E-state index is 5.40. The first-order valence-corrected chi connectivity index (χ1v) is 10.8. The Morgan fingerprint density at radius 3 is 1.33 bits per heavy atom. The van der Waals surface area contributed by atoms with E-state index in [-0.39, 0.29) is 0 Å². The van der Waals surface area contributed by atoms with Crippen LogP contribution in [0.4, 0.5) is 0 Å². The van der Waals surface area contributed by atoms with Crippen LogP contribution in [0.25, 0.3) is 32.5 Å². The van der Waals surface area contributed by atoms with Crippen molar-refractivity contribution in [2.45, 2.75) is 0 Å². The summed E-state index contributed by atoms with van der Waals surface area (Å²) in [5, 5.41) is 5.79. The van der Waals surface area contributed by atoms with Crippen molar-refractivity contribution in [2.75, 3.05) is 28.4 Å². The van der Waals surface area contributed by atoms with Crippen LogP contribution in [-0.2, 0) is 0 Å². The number of nitrogens with zero attached hydrogens (tertiary/aromatic N) is 2. The highest BCUT2D eigenvalue weighted by Gasteiger charge is 2.14. The molecule has 6 nitrogen and oxygen atoms in total. The summed E-state index contributed by atoms with van der Waals surface area (Å²) in [5.74, 6) is 2.73. The lowest BCUT2D eigenvalue weighted by atomic mass is 10.1. The van der Waals surface area contributed by atoms with Crippen molar-refractivity contribution >= 4 is 22.7 Å². The molecule has 154 valence electrons. The van der Waals surface area contributed by atoms with E-state index in [0.29, 0.717) is 23.0 Å². The molecule has 0 unspecified atom stereocenters. The molecule has 8 heteroatoms. The molecule has 0 N–H and O–H groups in total. The van der Waals surface area contributed by atoms with Crippen LogP contribution in [-0.4, -0.2) is 38.4 Å². The molecule has 2 heterocycles. The first-order chi connectivity index (χ1) is 14.7. The minimum Gasteiger partial charge on any atom is -0.493 e. The predicted octanol–water partition coefficient (Wildman–Crippen LogP) is 5.64. The fourth-order valence-electron chi connectivity index (χ4n) is 3.00. The molecule has 0 aliphatic heterocycles. The number of rotatable bonds is 7. The Kier molecular flexibility index (Phi) is 5.87. The summed E-state index contributed by atoms with van der Waals surface area (Å²) in [6.45, 7) is 0. The van der Waals surface area contributed by atoms with Crippen LogP contribution in [0, 0.1) is 0 Å². The van der Waals surface area contributed by atoms with E-state index in [2.05, 4.69) is 0 Å². The van der Waals surface area contributed by atoms with Crippen LogP contribution >= 0.6 is 22.7 Å². The summed E-state index contributed by atoms with van der Waals surface area (Å²) >= 11 is 3.13. The largest absolute Gasteiger partial charge is 0.493 e. The molecule has 0 saturated heterocycles. The molecule has 0 atom stereocenters. The first kappa shape index (κ1) is 20.2. The zero-order chi connectivity index (χ0) is 21.1. The normalized spacial score (nSPS) is 10.7. The van der Waals surface area contributed by atoms with Gasteiger partial charge in [-0.15, -0.1) is 22.7 Å². The SMILES string of the molecule is COc1ccc(-c2csc(-c3nc(-c4ccc(OC)c(OC)c4)cs3)n2)cc1OC. The molecule has 2 aromatic carbocycles. The zero-order valence-electron chi connectivity index (χ0n) is 17.0. The lowest BCUT2D eigenvalue weighted by Gasteiger charge is -2.08. The molecule has 0 spiro atoms. The fraction of sp³-hybridized carbons (Fsp3) is 0.182. The van der Waals surface area contributed by atoms with Crippen LogP contribution in [0.2, 0.25) is 0 Å². The third-order valence-corrected chi connectivity index (χ3v) is 6.38. The van der Waals surface area contributed by atoms with Gasteiger partial charge in [-0.25, -0.2) is 9.97 Å². The highest BCUT2D eigenvalue weighted by atomic mass is 32.1. The smallest absolute Gasteiger partial charge is 0.161 e. The molecular weight excluding hydrogens is 420 g/mol. The van der Waals surface area contributed by atoms with E-state index in [4.69, 9.17) is 28.9 Å². The van der Waals surface area contributed by atoms with Crippen LogP contribution in [0.3, 0.4) is 0 Å². The van der Waals surface area contributed by atoms with E-state index in [1.54, 1.807) is 51.1 Å². The molecule has 0 aliphatic rings. The molecular formula is C22H20N2O4S2. The number of methoxy groups -OCH3 is 4. The average molecular weight is 441 g/mol. The van der Waals surface area contributed by atoms with Gasteiger partial charge in [0.05, 0.1) is 39.8 Å². The number of ether oxygens (including phenoxy) is 4. The molecule has 30 heavy (non-hydrogen) atoms. The molecule has 0 aliphatic carbocycles. The standard InChI is InChI=1S/C22H20N2O4S2/c1-25-17-7-5-13(9-19(17)27-3)15-11-29-21(23-15)22-24-16(12-30-22)14-6-8-18(26-2)20(10-14)28-4/h5-12H,1-4H3. The summed E-state index contributed by atoms with van der Waals surface area (Å²) in [6.07, 6.45) is 0. The van der Waals surface area contributed by atoms with Gasteiger partial charge in [-0.05, 0) is 36.4 Å². The van der Waals surface area contributed by atoms with Gasteiger partial charge in [-0.2, -0.15) is 0 Å². The van der Waals surface area contributed by atoms with E-state index in [1.807, 2.05) is 47.2 Å². The highest BCUT2D eigenvalue weighted by Crippen LogP contribution is 2.37. The monoisotopic (exact) mass is 440 g/mol. The molecule has 4 aromatic rings. The lowest BCUT2D eigenvalue weighted by Crippen LogP contribution is -1.91. The van der Waals surface area contributed by atoms with Gasteiger partial charge >= 0.3 is 0 Å². The number of benzene rings is 2. The maximum absolute atomic E-state index is 5.40. The Labute approximate surface area is 182 Å². The molecule has 0 bridgehead atoms. The second-order valence-electron chi connectivity index (χ2n) is 6.22. The van der Waals surface area contributed by atoms with Crippen LogP contribution in [0.5, 0.6) is 23.0 Å². The van der Waals surface area contributed by atoms with Gasteiger partial charge in [0, 0.05) is 21.9 Å². The fourth-order valence-corrected chi connectivity index (χ4v) is 4.71. The van der Waals surface area contributed by atoms with Gasteiger partial charge in [0.25, 0.3) is 0 Å². The van der Waals surface area contributed by atoms with Crippen molar-refractivity contribution in [1.29, 1.82) is 0 Å². The minimum absolute atomic E-state index is 0.675. The summed E-state index contributed by atoms with van der Waals surface area (Å²) in [7, 11) is 6.49. The Balaban J connectivity index is 1.62. The van der Waals surface area contributed by atoms with Gasteiger partial charge in [0.2, 0.25) is 0 Å². The molecule has 0 amide bonds. The van der Waals surface area contributed by atoms with E-state index in [0.717, 1.165) is 32.5 Å². The van der Waals surface area contributed by atoms with Gasteiger partial charge in [-0.1, -0.05) is 0 Å². The quantitative estimate of drug-likeness (QED) is 0.371. The van der Waals surface area contributed by atoms with Crippen molar-refractivity contribution in [2.24, 2.45) is 0 Å². The molecule has 4 rings (SSSR count). The Bertz CT molecular complexity index is 1080. The molecule has 0 radical (unpaired) electrons. The maximum Gasteiger partial charge on any atom is 0.161 e. The Morgan fingerprint density at radius 1 is 0.567 bits per heavy atom. The average Bonchev–Trinajstić information content (AvgIpc) is 3.48. The second kappa shape index (κ2) is 8.73. The van der Waals surface area contributed by atoms with Crippen molar-refractivity contribution in [3.63, 3.8) is 0 Å². The summed E-state index contributed by atoms with van der Waals surface area (Å²) in [4.78, 5) is 9.55. The van der Waals surface area contributed by atoms with Crippen LogP contribution in [0.1, 0.15) is 0 Å². The predicted molar refractivity (Wildman–Crippen MR) is 120 cm³/mol. The van der Waals surface area contributed by atoms with Gasteiger partial charge in [0.15, 0.2) is 33.0 Å². The number of thiazole rings is 2. The first-order valence-electron chi connectivity index (χ1n) is 9.03. The van der Waals surface area contributed by atoms with E-state index in [1.165, 1.54) is 0 Å². The van der Waals surface area contributed by atoms with Crippen molar-refractivity contribution in [3.05, 3.63) is 47.2 Å². The Hall–Kier alpha value is -3.10. The van der Waals surface area contributed by atoms with Gasteiger partial charge in [0.1, 0.15) is 0 Å². The van der Waals surface area contributed by atoms with E-state index in [9.17, 15) is 0 Å². The molecule has 2 aromatic heterocycles. The topological polar surface area (TPSA) is 62.7 Å². The van der Waals surface area contributed by atoms with E-state index >= 15 is 0 Å². The second-order valence-corrected chi connectivity index (χ2v) is 7.93. The summed E-state index contributed by atoms with van der Waals surface area (Å²) in [5.41, 5.74) is 3.68. The van der Waals surface area contributed by atoms with E-state index < -0.39 is 0 Å². The summed E-state index contributed by atoms with van der Waals surface area (Å²) in [6, 6.07) is 11.6. The highest BCUT2D eigenvalue weighted by molar-refractivity contribution is 7.20. The Morgan fingerprint density at radius 2 is 0.967 bits per heavy atom. The van der Waals surface area contributed by atoms with Crippen molar-refractivity contribution in [1.82, 2.24) is 9.97 Å². The third-order valence-electron chi connectivity index (χ3n) is 4.55. The third kappa shape index (κ3) is 3.83. The van der Waals surface area contributed by atoms with Gasteiger partial charge < -0.3 is 18.9 Å².